The van der Waals surface area contributed by atoms with Gasteiger partial charge in [0.25, 0.3) is 0 Å². The van der Waals surface area contributed by atoms with Gasteiger partial charge in [-0.25, -0.2) is 4.39 Å². The fourth-order valence-corrected chi connectivity index (χ4v) is 4.19. The molecule has 1 aliphatic rings. The van der Waals surface area contributed by atoms with E-state index >= 15 is 0 Å². The van der Waals surface area contributed by atoms with Crippen LogP contribution in [0.4, 0.5) is 10.1 Å². The molecule has 5 nitrogen and oxygen atoms in total. The predicted molar refractivity (Wildman–Crippen MR) is 123 cm³/mol. The second-order valence-corrected chi connectivity index (χ2v) is 8.40. The maximum absolute atomic E-state index is 13.3. The summed E-state index contributed by atoms with van der Waals surface area (Å²) in [6.07, 6.45) is -0.161. The quantitative estimate of drug-likeness (QED) is 0.522. The van der Waals surface area contributed by atoms with Crippen molar-refractivity contribution in [3.8, 4) is 5.75 Å². The van der Waals surface area contributed by atoms with Crippen LogP contribution in [-0.2, 0) is 16.2 Å². The minimum Gasteiger partial charge on any atom is -0.489 e. The van der Waals surface area contributed by atoms with Crippen LogP contribution in [0.25, 0.3) is 0 Å². The monoisotopic (exact) mass is 447 g/mol. The Morgan fingerprint density at radius 2 is 1.61 bits per heavy atom. The first-order chi connectivity index (χ1) is 16.0. The lowest BCUT2D eigenvalue weighted by atomic mass is 9.67. The molecule has 3 aromatic rings. The van der Waals surface area contributed by atoms with Gasteiger partial charge in [0.05, 0.1) is 11.5 Å². The zero-order chi connectivity index (χ0) is 23.3. The zero-order valence-corrected chi connectivity index (χ0v) is 18.2. The van der Waals surface area contributed by atoms with E-state index in [4.69, 9.17) is 4.74 Å². The summed E-state index contributed by atoms with van der Waals surface area (Å²) < 4.78 is 19.0. The van der Waals surface area contributed by atoms with Crippen LogP contribution in [0.5, 0.6) is 5.75 Å². The molecule has 0 aliphatic heterocycles. The third-order valence-corrected chi connectivity index (χ3v) is 6.22. The van der Waals surface area contributed by atoms with Gasteiger partial charge in [-0.1, -0.05) is 42.5 Å². The van der Waals surface area contributed by atoms with Gasteiger partial charge in [-0.15, -0.1) is 0 Å². The van der Waals surface area contributed by atoms with Crippen LogP contribution in [0, 0.1) is 11.2 Å². The van der Waals surface area contributed by atoms with Crippen LogP contribution in [0.3, 0.4) is 0 Å². The van der Waals surface area contributed by atoms with Crippen molar-refractivity contribution in [2.24, 2.45) is 5.41 Å². The van der Waals surface area contributed by atoms with Crippen molar-refractivity contribution in [2.45, 2.75) is 38.4 Å². The summed E-state index contributed by atoms with van der Waals surface area (Å²) in [5.74, 6) is -0.0467. The Kier molecular flexibility index (Phi) is 6.84. The molecule has 0 saturated heterocycles. The molecule has 0 bridgehead atoms. The fraction of sp³-hybridized carbons (Fsp3) is 0.259. The highest BCUT2D eigenvalue weighted by Gasteiger charge is 2.48. The fourth-order valence-electron chi connectivity index (χ4n) is 4.19. The summed E-state index contributed by atoms with van der Waals surface area (Å²) in [7, 11) is 0. The van der Waals surface area contributed by atoms with Gasteiger partial charge >= 0.3 is 0 Å². The Morgan fingerprint density at radius 3 is 2.24 bits per heavy atom. The van der Waals surface area contributed by atoms with Crippen molar-refractivity contribution in [1.82, 2.24) is 0 Å². The lowest BCUT2D eigenvalue weighted by Gasteiger charge is -2.39. The lowest BCUT2D eigenvalue weighted by molar-refractivity contribution is -0.139. The molecule has 1 amide bonds. The van der Waals surface area contributed by atoms with Gasteiger partial charge in [-0.2, -0.15) is 0 Å². The van der Waals surface area contributed by atoms with Gasteiger partial charge < -0.3 is 15.2 Å². The van der Waals surface area contributed by atoms with Gasteiger partial charge in [-0.05, 0) is 60.4 Å². The van der Waals surface area contributed by atoms with Crippen LogP contribution >= 0.6 is 0 Å². The molecular weight excluding hydrogens is 421 g/mol. The standard InChI is InChI=1S/C27H26FNO4/c28-21-8-10-22(11-9-21)29-26(32)27(16-14-23(30)15-17-27)25(31)20-6-12-24(13-7-20)33-18-19-4-2-1-3-5-19/h1-13,25,31H,14-18H2,(H,29,32)/t25-/m1/s1. The molecular formula is C27H26FNO4. The maximum atomic E-state index is 13.3. The number of benzene rings is 3. The van der Waals surface area contributed by atoms with Crippen molar-refractivity contribution < 1.29 is 23.8 Å². The molecule has 0 spiro atoms. The molecule has 0 radical (unpaired) electrons. The molecule has 2 N–H and O–H groups in total. The average molecular weight is 448 g/mol. The molecule has 0 unspecified atom stereocenters. The average Bonchev–Trinajstić information content (AvgIpc) is 2.85. The van der Waals surface area contributed by atoms with Crippen molar-refractivity contribution in [3.05, 3.63) is 95.8 Å². The molecule has 1 atom stereocenters. The molecule has 4 rings (SSSR count). The summed E-state index contributed by atoms with van der Waals surface area (Å²) in [5, 5.41) is 14.1. The first-order valence-corrected chi connectivity index (χ1v) is 11.0. The highest BCUT2D eigenvalue weighted by Crippen LogP contribution is 2.46. The number of aliphatic hydroxyl groups excluding tert-OH is 1. The molecule has 3 aromatic carbocycles. The van der Waals surface area contributed by atoms with E-state index < -0.39 is 17.3 Å². The summed E-state index contributed by atoms with van der Waals surface area (Å²) in [5.41, 5.74) is 0.902. The lowest BCUT2D eigenvalue weighted by Crippen LogP contribution is -2.44. The number of aliphatic hydroxyl groups is 1. The van der Waals surface area contributed by atoms with E-state index in [0.717, 1.165) is 5.56 Å². The van der Waals surface area contributed by atoms with Crippen LogP contribution in [0.15, 0.2) is 78.9 Å². The van der Waals surface area contributed by atoms with E-state index in [1.807, 2.05) is 30.3 Å². The molecule has 0 heterocycles. The number of anilines is 1. The van der Waals surface area contributed by atoms with Crippen LogP contribution < -0.4 is 10.1 Å². The number of rotatable bonds is 7. The smallest absolute Gasteiger partial charge is 0.233 e. The third-order valence-electron chi connectivity index (χ3n) is 6.22. The Balaban J connectivity index is 1.51. The molecule has 1 aliphatic carbocycles. The predicted octanol–water partition coefficient (Wildman–Crippen LogP) is 5.21. The maximum Gasteiger partial charge on any atom is 0.233 e. The Hall–Kier alpha value is -3.51. The minimum absolute atomic E-state index is 0.0806. The van der Waals surface area contributed by atoms with Gasteiger partial charge in [-0.3, -0.25) is 9.59 Å². The number of ether oxygens (including phenoxy) is 1. The molecule has 6 heteroatoms. The summed E-state index contributed by atoms with van der Waals surface area (Å²) in [6, 6.07) is 22.3. The Labute approximate surface area is 192 Å². The number of ketones is 1. The van der Waals surface area contributed by atoms with E-state index in [9.17, 15) is 19.1 Å². The molecule has 33 heavy (non-hydrogen) atoms. The number of carbonyl (C=O) groups excluding carboxylic acids is 2. The summed E-state index contributed by atoms with van der Waals surface area (Å²) in [4.78, 5) is 25.2. The van der Waals surface area contributed by atoms with Gasteiger partial charge in [0, 0.05) is 18.5 Å². The zero-order valence-electron chi connectivity index (χ0n) is 18.2. The Bertz CT molecular complexity index is 1090. The Morgan fingerprint density at radius 1 is 0.970 bits per heavy atom. The van der Waals surface area contributed by atoms with Crippen molar-refractivity contribution in [2.75, 3.05) is 5.32 Å². The number of carbonyl (C=O) groups is 2. The largest absolute Gasteiger partial charge is 0.489 e. The van der Waals surface area contributed by atoms with Crippen LogP contribution in [0.2, 0.25) is 0 Å². The number of hydrogen-bond donors (Lipinski definition) is 2. The van der Waals surface area contributed by atoms with E-state index in [1.165, 1.54) is 24.3 Å². The van der Waals surface area contributed by atoms with Crippen molar-refractivity contribution >= 4 is 17.4 Å². The van der Waals surface area contributed by atoms with E-state index in [-0.39, 0.29) is 37.4 Å². The number of amides is 1. The molecule has 1 fully saturated rings. The highest BCUT2D eigenvalue weighted by molar-refractivity contribution is 5.97. The normalized spacial score (nSPS) is 16.1. The van der Waals surface area contributed by atoms with Crippen LogP contribution in [-0.4, -0.2) is 16.8 Å². The van der Waals surface area contributed by atoms with Crippen molar-refractivity contribution in [1.29, 1.82) is 0 Å². The molecule has 0 aromatic heterocycles. The van der Waals surface area contributed by atoms with Crippen molar-refractivity contribution in [3.63, 3.8) is 0 Å². The number of nitrogens with one attached hydrogen (secondary N) is 1. The van der Waals surface area contributed by atoms with E-state index in [1.54, 1.807) is 24.3 Å². The van der Waals surface area contributed by atoms with Crippen LogP contribution in [0.1, 0.15) is 42.9 Å². The summed E-state index contributed by atoms with van der Waals surface area (Å²) >= 11 is 0. The summed E-state index contributed by atoms with van der Waals surface area (Å²) in [6.45, 7) is 0.425. The second-order valence-electron chi connectivity index (χ2n) is 8.40. The van der Waals surface area contributed by atoms with Gasteiger partial charge in [0.15, 0.2) is 0 Å². The number of hydrogen-bond acceptors (Lipinski definition) is 4. The third kappa shape index (κ3) is 5.29. The molecule has 1 saturated carbocycles. The minimum atomic E-state index is -1.16. The second kappa shape index (κ2) is 9.96. The number of Topliss-reactive ketones (excluding diaryl/α,β-unsaturated/α-hetero) is 1. The number of halogens is 1. The van der Waals surface area contributed by atoms with E-state index in [0.29, 0.717) is 23.6 Å². The first kappa shape index (κ1) is 22.7. The topological polar surface area (TPSA) is 75.6 Å². The molecule has 170 valence electrons. The highest BCUT2D eigenvalue weighted by atomic mass is 19.1. The van der Waals surface area contributed by atoms with E-state index in [2.05, 4.69) is 5.32 Å². The first-order valence-electron chi connectivity index (χ1n) is 11.0. The van der Waals surface area contributed by atoms with Gasteiger partial charge in [0.1, 0.15) is 24.0 Å². The SMILES string of the molecule is O=C1CCC(C(=O)Nc2ccc(F)cc2)([C@H](O)c2ccc(OCc3ccccc3)cc2)CC1. The van der Waals surface area contributed by atoms with Gasteiger partial charge in [0.2, 0.25) is 5.91 Å².